The molecule has 0 heterocycles. The SMILES string of the molecule is O=C(Nc1ccc2ccccc2c1)c1ccc(I)c(Cl)c1. The van der Waals surface area contributed by atoms with Crippen LogP contribution in [-0.4, -0.2) is 5.91 Å². The molecule has 0 radical (unpaired) electrons. The molecule has 104 valence electrons. The first-order valence-corrected chi connectivity index (χ1v) is 7.84. The molecule has 3 aromatic carbocycles. The Bertz CT molecular complexity index is 832. The highest BCUT2D eigenvalue weighted by atomic mass is 127. The highest BCUT2D eigenvalue weighted by Crippen LogP contribution is 2.22. The zero-order valence-corrected chi connectivity index (χ0v) is 13.9. The summed E-state index contributed by atoms with van der Waals surface area (Å²) in [6.45, 7) is 0. The molecule has 0 aliphatic rings. The van der Waals surface area contributed by atoms with E-state index >= 15 is 0 Å². The Morgan fingerprint density at radius 2 is 1.71 bits per heavy atom. The lowest BCUT2D eigenvalue weighted by molar-refractivity contribution is 0.102. The summed E-state index contributed by atoms with van der Waals surface area (Å²) < 4.78 is 0.927. The number of anilines is 1. The molecule has 0 aromatic heterocycles. The second-order valence-electron chi connectivity index (χ2n) is 4.64. The number of rotatable bonds is 2. The van der Waals surface area contributed by atoms with Gasteiger partial charge in [-0.25, -0.2) is 0 Å². The molecule has 1 amide bonds. The molecular weight excluding hydrogens is 397 g/mol. The molecule has 0 spiro atoms. The van der Waals surface area contributed by atoms with Crippen LogP contribution in [0.4, 0.5) is 5.69 Å². The van der Waals surface area contributed by atoms with Crippen molar-refractivity contribution < 1.29 is 4.79 Å². The van der Waals surface area contributed by atoms with Gasteiger partial charge < -0.3 is 5.32 Å². The molecule has 3 rings (SSSR count). The van der Waals surface area contributed by atoms with Crippen LogP contribution in [0.25, 0.3) is 10.8 Å². The number of carbonyl (C=O) groups excluding carboxylic acids is 1. The molecule has 2 nitrogen and oxygen atoms in total. The number of hydrogen-bond acceptors (Lipinski definition) is 1. The third-order valence-electron chi connectivity index (χ3n) is 3.19. The summed E-state index contributed by atoms with van der Waals surface area (Å²) in [4.78, 5) is 12.2. The molecule has 1 N–H and O–H groups in total. The van der Waals surface area contributed by atoms with E-state index < -0.39 is 0 Å². The molecule has 0 fully saturated rings. The van der Waals surface area contributed by atoms with Crippen LogP contribution in [-0.2, 0) is 0 Å². The van der Waals surface area contributed by atoms with Crippen molar-refractivity contribution in [3.8, 4) is 0 Å². The number of nitrogens with one attached hydrogen (secondary N) is 1. The molecule has 21 heavy (non-hydrogen) atoms. The van der Waals surface area contributed by atoms with Gasteiger partial charge in [-0.3, -0.25) is 4.79 Å². The fourth-order valence-electron chi connectivity index (χ4n) is 2.11. The van der Waals surface area contributed by atoms with Gasteiger partial charge in [0.05, 0.1) is 5.02 Å². The number of carbonyl (C=O) groups is 1. The number of fused-ring (bicyclic) bond motifs is 1. The number of benzene rings is 3. The van der Waals surface area contributed by atoms with E-state index in [9.17, 15) is 4.79 Å². The first-order chi connectivity index (χ1) is 10.1. The molecule has 0 bridgehead atoms. The molecule has 0 saturated carbocycles. The highest BCUT2D eigenvalue weighted by Gasteiger charge is 2.08. The largest absolute Gasteiger partial charge is 0.322 e. The fourth-order valence-corrected chi connectivity index (χ4v) is 2.62. The molecular formula is C17H11ClINO. The van der Waals surface area contributed by atoms with E-state index in [4.69, 9.17) is 11.6 Å². The minimum Gasteiger partial charge on any atom is -0.322 e. The van der Waals surface area contributed by atoms with Crippen LogP contribution in [0.15, 0.2) is 60.7 Å². The van der Waals surface area contributed by atoms with Crippen LogP contribution >= 0.6 is 34.2 Å². The lowest BCUT2D eigenvalue weighted by atomic mass is 10.1. The lowest BCUT2D eigenvalue weighted by Gasteiger charge is -2.07. The predicted molar refractivity (Wildman–Crippen MR) is 96.1 cm³/mol. The van der Waals surface area contributed by atoms with Gasteiger partial charge in [-0.2, -0.15) is 0 Å². The van der Waals surface area contributed by atoms with Crippen molar-refractivity contribution in [1.82, 2.24) is 0 Å². The van der Waals surface area contributed by atoms with Gasteiger partial charge in [0.1, 0.15) is 0 Å². The third kappa shape index (κ3) is 3.19. The van der Waals surface area contributed by atoms with Gasteiger partial charge in [-0.05, 0) is 63.7 Å². The minimum atomic E-state index is -0.163. The van der Waals surface area contributed by atoms with E-state index in [1.165, 1.54) is 0 Å². The van der Waals surface area contributed by atoms with E-state index in [1.54, 1.807) is 12.1 Å². The van der Waals surface area contributed by atoms with Crippen LogP contribution in [0, 0.1) is 3.57 Å². The van der Waals surface area contributed by atoms with E-state index in [0.717, 1.165) is 20.0 Å². The highest BCUT2D eigenvalue weighted by molar-refractivity contribution is 14.1. The zero-order chi connectivity index (χ0) is 14.8. The Morgan fingerprint density at radius 3 is 2.48 bits per heavy atom. The Balaban J connectivity index is 1.87. The summed E-state index contributed by atoms with van der Waals surface area (Å²) in [7, 11) is 0. The van der Waals surface area contributed by atoms with E-state index in [2.05, 4.69) is 27.9 Å². The topological polar surface area (TPSA) is 29.1 Å². The summed E-state index contributed by atoms with van der Waals surface area (Å²) in [6.07, 6.45) is 0. The van der Waals surface area contributed by atoms with Gasteiger partial charge >= 0.3 is 0 Å². The average Bonchev–Trinajstić information content (AvgIpc) is 2.50. The second-order valence-corrected chi connectivity index (χ2v) is 6.21. The molecule has 0 saturated heterocycles. The van der Waals surface area contributed by atoms with Gasteiger partial charge in [0.15, 0.2) is 0 Å². The fraction of sp³-hybridized carbons (Fsp3) is 0. The Hall–Kier alpha value is -1.59. The monoisotopic (exact) mass is 407 g/mol. The van der Waals surface area contributed by atoms with Crippen molar-refractivity contribution in [1.29, 1.82) is 0 Å². The Labute approximate surface area is 141 Å². The smallest absolute Gasteiger partial charge is 0.255 e. The summed E-state index contributed by atoms with van der Waals surface area (Å²) in [5.74, 6) is -0.163. The Kier molecular flexibility index (Phi) is 4.12. The van der Waals surface area contributed by atoms with Gasteiger partial charge in [0.25, 0.3) is 5.91 Å². The Morgan fingerprint density at radius 1 is 0.952 bits per heavy atom. The van der Waals surface area contributed by atoms with Crippen molar-refractivity contribution >= 4 is 56.6 Å². The second kappa shape index (κ2) is 6.03. The summed E-state index contributed by atoms with van der Waals surface area (Å²) in [6, 6.07) is 19.2. The summed E-state index contributed by atoms with van der Waals surface area (Å²) >= 11 is 8.19. The summed E-state index contributed by atoms with van der Waals surface area (Å²) in [5.41, 5.74) is 1.32. The molecule has 3 aromatic rings. The molecule has 0 atom stereocenters. The third-order valence-corrected chi connectivity index (χ3v) is 4.76. The number of halogens is 2. The van der Waals surface area contributed by atoms with Crippen LogP contribution in [0.3, 0.4) is 0 Å². The minimum absolute atomic E-state index is 0.163. The van der Waals surface area contributed by atoms with Crippen LogP contribution in [0.1, 0.15) is 10.4 Å². The first kappa shape index (κ1) is 14.4. The van der Waals surface area contributed by atoms with E-state index in [0.29, 0.717) is 10.6 Å². The number of hydrogen-bond donors (Lipinski definition) is 1. The maximum absolute atomic E-state index is 12.2. The summed E-state index contributed by atoms with van der Waals surface area (Å²) in [5, 5.41) is 5.72. The van der Waals surface area contributed by atoms with Crippen molar-refractivity contribution in [3.05, 3.63) is 74.8 Å². The van der Waals surface area contributed by atoms with Crippen molar-refractivity contribution in [2.24, 2.45) is 0 Å². The molecule has 0 aliphatic heterocycles. The molecule has 0 unspecified atom stereocenters. The van der Waals surface area contributed by atoms with Gasteiger partial charge in [-0.15, -0.1) is 0 Å². The quantitative estimate of drug-likeness (QED) is 0.570. The zero-order valence-electron chi connectivity index (χ0n) is 10.9. The van der Waals surface area contributed by atoms with Crippen molar-refractivity contribution in [3.63, 3.8) is 0 Å². The average molecular weight is 408 g/mol. The molecule has 0 aliphatic carbocycles. The predicted octanol–water partition coefficient (Wildman–Crippen LogP) is 5.35. The van der Waals surface area contributed by atoms with Gasteiger partial charge in [0, 0.05) is 14.8 Å². The van der Waals surface area contributed by atoms with Crippen LogP contribution in [0.2, 0.25) is 5.02 Å². The van der Waals surface area contributed by atoms with E-state index in [-0.39, 0.29) is 5.91 Å². The first-order valence-electron chi connectivity index (χ1n) is 6.39. The van der Waals surface area contributed by atoms with Gasteiger partial charge in [0.2, 0.25) is 0 Å². The standard InChI is InChI=1S/C17H11ClINO/c18-15-10-13(6-8-16(15)19)17(21)20-14-7-5-11-3-1-2-4-12(11)9-14/h1-10H,(H,20,21). The van der Waals surface area contributed by atoms with Gasteiger partial charge in [-0.1, -0.05) is 41.9 Å². The maximum atomic E-state index is 12.2. The molecule has 4 heteroatoms. The van der Waals surface area contributed by atoms with E-state index in [1.807, 2.05) is 48.5 Å². The van der Waals surface area contributed by atoms with Crippen molar-refractivity contribution in [2.45, 2.75) is 0 Å². The van der Waals surface area contributed by atoms with Crippen molar-refractivity contribution in [2.75, 3.05) is 5.32 Å². The lowest BCUT2D eigenvalue weighted by Crippen LogP contribution is -2.11. The maximum Gasteiger partial charge on any atom is 0.255 e. The van der Waals surface area contributed by atoms with Crippen LogP contribution < -0.4 is 5.32 Å². The van der Waals surface area contributed by atoms with Crippen LogP contribution in [0.5, 0.6) is 0 Å². The number of amides is 1. The normalized spacial score (nSPS) is 10.6.